The molecule has 0 spiro atoms. The molecule has 2 atom stereocenters. The summed E-state index contributed by atoms with van der Waals surface area (Å²) in [6.45, 7) is 1.38. The van der Waals surface area contributed by atoms with E-state index in [-0.39, 0.29) is 22.9 Å². The lowest BCUT2D eigenvalue weighted by Gasteiger charge is -2.55. The second-order valence-electron chi connectivity index (χ2n) is 12.4. The van der Waals surface area contributed by atoms with E-state index >= 15 is 0 Å². The topological polar surface area (TPSA) is 90.9 Å². The first-order valence-corrected chi connectivity index (χ1v) is 14.6. The van der Waals surface area contributed by atoms with Gasteiger partial charge in [0.05, 0.1) is 18.6 Å². The average molecular weight is 532 g/mol. The molecule has 0 aromatic heterocycles. The second-order valence-corrected chi connectivity index (χ2v) is 12.4. The Hall–Kier alpha value is -2.90. The van der Waals surface area contributed by atoms with Crippen molar-refractivity contribution in [3.8, 4) is 5.75 Å². The minimum Gasteiger partial charge on any atom is -0.497 e. The number of rotatable bonds is 8. The Morgan fingerprint density at radius 3 is 2.08 bits per heavy atom. The molecule has 3 N–H and O–H groups in total. The summed E-state index contributed by atoms with van der Waals surface area (Å²) in [7, 11) is 1.66. The maximum atomic E-state index is 13.8. The number of nitrogens with one attached hydrogen (secondary N) is 2. The van der Waals surface area contributed by atoms with E-state index in [9.17, 15) is 14.7 Å². The fourth-order valence-corrected chi connectivity index (χ4v) is 7.52. The molecule has 2 aromatic rings. The van der Waals surface area contributed by atoms with E-state index in [1.165, 1.54) is 0 Å². The van der Waals surface area contributed by atoms with Crippen LogP contribution in [0, 0.1) is 0 Å². The van der Waals surface area contributed by atoms with Gasteiger partial charge in [-0.15, -0.1) is 0 Å². The van der Waals surface area contributed by atoms with E-state index in [2.05, 4.69) is 27.7 Å². The van der Waals surface area contributed by atoms with Crippen LogP contribution in [0.15, 0.2) is 54.6 Å². The Morgan fingerprint density at radius 2 is 1.51 bits per heavy atom. The minimum absolute atomic E-state index is 0.0534. The number of aliphatic hydroxyl groups is 1. The predicted molar refractivity (Wildman–Crippen MR) is 149 cm³/mol. The van der Waals surface area contributed by atoms with Crippen LogP contribution in [0.2, 0.25) is 0 Å². The molecule has 2 amide bonds. The number of aliphatic hydroxyl groups excluding tert-OH is 1. The van der Waals surface area contributed by atoms with Crippen LogP contribution in [-0.2, 0) is 21.5 Å². The molecule has 2 bridgehead atoms. The van der Waals surface area contributed by atoms with Crippen molar-refractivity contribution >= 4 is 11.8 Å². The number of nitrogens with zero attached hydrogens (tertiary/aromatic N) is 1. The Balaban J connectivity index is 1.09. The summed E-state index contributed by atoms with van der Waals surface area (Å²) in [6.07, 6.45) is 7.98. The summed E-state index contributed by atoms with van der Waals surface area (Å²) in [5.41, 5.74) is 1.35. The number of carbonyl (C=O) groups is 2. The molecule has 7 rings (SSSR count). The Bertz CT molecular complexity index is 1170. The third-order valence-corrected chi connectivity index (χ3v) is 10.3. The largest absolute Gasteiger partial charge is 0.497 e. The van der Waals surface area contributed by atoms with E-state index in [1.807, 2.05) is 42.5 Å². The van der Waals surface area contributed by atoms with Gasteiger partial charge in [-0.05, 0) is 81.0 Å². The van der Waals surface area contributed by atoms with Crippen LogP contribution in [0.3, 0.4) is 0 Å². The first kappa shape index (κ1) is 26.3. The van der Waals surface area contributed by atoms with Gasteiger partial charge in [0.25, 0.3) is 0 Å². The van der Waals surface area contributed by atoms with Gasteiger partial charge >= 0.3 is 0 Å². The number of methoxy groups -OCH3 is 1. The summed E-state index contributed by atoms with van der Waals surface area (Å²) < 4.78 is 5.31. The normalized spacial score (nSPS) is 31.3. The molecule has 0 radical (unpaired) electrons. The molecule has 5 fully saturated rings. The van der Waals surface area contributed by atoms with Gasteiger partial charge < -0.3 is 20.5 Å². The summed E-state index contributed by atoms with van der Waals surface area (Å²) in [4.78, 5) is 29.4. The standard InChI is InChI=1S/C32H41N3O4/c1-39-25-10-8-24(9-11-25)32(13-5-14-32)29(38)34-31-18-15-30(16-19-31,17-20-31)33-28(37)27-26(36)12-21-35(27)22-23-6-3-2-4-7-23/h2-4,6-11,26-27,36H,5,12-22H2,1H3,(H,33,37)(H,34,38)/t26-,27-,30?,31?/m0/s1. The van der Waals surface area contributed by atoms with Crippen LogP contribution in [0.1, 0.15) is 75.3 Å². The Morgan fingerprint density at radius 1 is 0.897 bits per heavy atom. The van der Waals surface area contributed by atoms with Crippen LogP contribution in [0.5, 0.6) is 5.75 Å². The number of amides is 2. The van der Waals surface area contributed by atoms with Gasteiger partial charge in [-0.3, -0.25) is 14.5 Å². The molecule has 4 aliphatic carbocycles. The van der Waals surface area contributed by atoms with Crippen molar-refractivity contribution in [2.24, 2.45) is 0 Å². The molecule has 7 nitrogen and oxygen atoms in total. The number of hydrogen-bond acceptors (Lipinski definition) is 5. The monoisotopic (exact) mass is 531 g/mol. The lowest BCUT2D eigenvalue weighted by Crippen LogP contribution is -2.67. The van der Waals surface area contributed by atoms with E-state index < -0.39 is 17.6 Å². The third kappa shape index (κ3) is 4.84. The van der Waals surface area contributed by atoms with Gasteiger partial charge in [0.1, 0.15) is 11.8 Å². The van der Waals surface area contributed by atoms with Crippen molar-refractivity contribution in [1.82, 2.24) is 15.5 Å². The van der Waals surface area contributed by atoms with Gasteiger partial charge in [-0.1, -0.05) is 48.9 Å². The Labute approximate surface area is 231 Å². The number of fused-ring (bicyclic) bond motifs is 3. The highest BCUT2D eigenvalue weighted by atomic mass is 16.5. The molecule has 5 aliphatic rings. The van der Waals surface area contributed by atoms with E-state index in [0.29, 0.717) is 19.5 Å². The average Bonchev–Trinajstić information content (AvgIpc) is 3.29. The SMILES string of the molecule is COc1ccc(C2(C(=O)NC34CCC(NC(=O)[C@@H]5[C@@H](O)CCN5Cc5ccccc5)(CC3)CC4)CCC2)cc1. The van der Waals surface area contributed by atoms with Crippen molar-refractivity contribution in [2.75, 3.05) is 13.7 Å². The fourth-order valence-electron chi connectivity index (χ4n) is 7.52. The molecule has 1 aliphatic heterocycles. The molecule has 208 valence electrons. The molecule has 2 aromatic carbocycles. The van der Waals surface area contributed by atoms with Gasteiger partial charge in [0, 0.05) is 24.2 Å². The second kappa shape index (κ2) is 10.3. The van der Waals surface area contributed by atoms with Crippen molar-refractivity contribution in [3.05, 3.63) is 65.7 Å². The van der Waals surface area contributed by atoms with E-state index in [1.54, 1.807) is 7.11 Å². The number of carbonyl (C=O) groups excluding carboxylic acids is 2. The Kier molecular flexibility index (Phi) is 6.92. The van der Waals surface area contributed by atoms with Crippen LogP contribution < -0.4 is 15.4 Å². The maximum absolute atomic E-state index is 13.8. The number of hydrogen-bond donors (Lipinski definition) is 3. The lowest BCUT2D eigenvalue weighted by atomic mass is 9.59. The van der Waals surface area contributed by atoms with Crippen molar-refractivity contribution in [1.29, 1.82) is 0 Å². The van der Waals surface area contributed by atoms with Crippen LogP contribution in [0.25, 0.3) is 0 Å². The zero-order chi connectivity index (χ0) is 27.1. The van der Waals surface area contributed by atoms with E-state index in [0.717, 1.165) is 74.7 Å². The minimum atomic E-state index is -0.646. The number of benzene rings is 2. The first-order valence-electron chi connectivity index (χ1n) is 14.6. The molecular weight excluding hydrogens is 490 g/mol. The summed E-state index contributed by atoms with van der Waals surface area (Å²) in [6, 6.07) is 17.6. The maximum Gasteiger partial charge on any atom is 0.240 e. The predicted octanol–water partition coefficient (Wildman–Crippen LogP) is 3.83. The highest BCUT2D eigenvalue weighted by Crippen LogP contribution is 2.49. The molecule has 7 heteroatoms. The van der Waals surface area contributed by atoms with Crippen molar-refractivity contribution in [2.45, 2.75) is 99.4 Å². The lowest BCUT2D eigenvalue weighted by molar-refractivity contribution is -0.136. The van der Waals surface area contributed by atoms with Crippen LogP contribution in [0.4, 0.5) is 0 Å². The zero-order valence-electron chi connectivity index (χ0n) is 23.0. The highest BCUT2D eigenvalue weighted by molar-refractivity contribution is 5.90. The summed E-state index contributed by atoms with van der Waals surface area (Å²) in [5.74, 6) is 0.906. The smallest absolute Gasteiger partial charge is 0.240 e. The van der Waals surface area contributed by atoms with E-state index in [4.69, 9.17) is 4.74 Å². The van der Waals surface area contributed by atoms with Gasteiger partial charge in [0.15, 0.2) is 0 Å². The van der Waals surface area contributed by atoms with Crippen LogP contribution in [-0.4, -0.2) is 58.7 Å². The summed E-state index contributed by atoms with van der Waals surface area (Å²) >= 11 is 0. The molecular formula is C32H41N3O4. The molecule has 1 heterocycles. The van der Waals surface area contributed by atoms with Gasteiger partial charge in [-0.25, -0.2) is 0 Å². The molecule has 0 unspecified atom stereocenters. The van der Waals surface area contributed by atoms with Crippen molar-refractivity contribution in [3.63, 3.8) is 0 Å². The van der Waals surface area contributed by atoms with Crippen LogP contribution >= 0.6 is 0 Å². The molecule has 1 saturated heterocycles. The fraction of sp³-hybridized carbons (Fsp3) is 0.562. The number of ether oxygens (including phenoxy) is 1. The van der Waals surface area contributed by atoms with Gasteiger partial charge in [0.2, 0.25) is 11.8 Å². The van der Waals surface area contributed by atoms with Gasteiger partial charge in [-0.2, -0.15) is 0 Å². The number of likely N-dealkylation sites (tertiary alicyclic amines) is 1. The quantitative estimate of drug-likeness (QED) is 0.482. The zero-order valence-corrected chi connectivity index (χ0v) is 23.0. The van der Waals surface area contributed by atoms with Crippen molar-refractivity contribution < 1.29 is 19.4 Å². The summed E-state index contributed by atoms with van der Waals surface area (Å²) in [5, 5.41) is 17.6. The molecule has 4 saturated carbocycles. The highest BCUT2D eigenvalue weighted by Gasteiger charge is 2.54. The third-order valence-electron chi connectivity index (χ3n) is 10.3. The first-order chi connectivity index (χ1) is 18.9. The molecule has 39 heavy (non-hydrogen) atoms.